The zero-order valence-corrected chi connectivity index (χ0v) is 17.5. The lowest BCUT2D eigenvalue weighted by Gasteiger charge is -2.31. The van der Waals surface area contributed by atoms with Crippen molar-refractivity contribution in [2.45, 2.75) is 18.0 Å². The quantitative estimate of drug-likeness (QED) is 0.749. The van der Waals surface area contributed by atoms with E-state index in [2.05, 4.69) is 21.3 Å². The van der Waals surface area contributed by atoms with Crippen molar-refractivity contribution in [3.05, 3.63) is 42.1 Å². The van der Waals surface area contributed by atoms with Crippen molar-refractivity contribution in [1.82, 2.24) is 25.0 Å². The van der Waals surface area contributed by atoms with E-state index in [4.69, 9.17) is 4.74 Å². The first-order valence-electron chi connectivity index (χ1n) is 11.2. The van der Waals surface area contributed by atoms with Gasteiger partial charge < -0.3 is 15.0 Å². The fourth-order valence-corrected chi connectivity index (χ4v) is 6.01. The number of benzene rings is 1. The number of hydrogen-bond acceptors (Lipinski definition) is 6. The van der Waals surface area contributed by atoms with Crippen molar-refractivity contribution in [2.24, 2.45) is 5.92 Å². The number of carbonyl (C=O) groups is 2. The van der Waals surface area contributed by atoms with Crippen LogP contribution in [-0.4, -0.2) is 89.6 Å². The molecule has 0 saturated carbocycles. The maximum Gasteiger partial charge on any atom is 0.328 e. The van der Waals surface area contributed by atoms with Gasteiger partial charge in [-0.15, -0.1) is 0 Å². The molecular formula is C23H27N5O3. The average molecular weight is 422 g/mol. The van der Waals surface area contributed by atoms with Gasteiger partial charge in [0.2, 0.25) is 0 Å². The molecule has 4 fully saturated rings. The van der Waals surface area contributed by atoms with E-state index < -0.39 is 5.54 Å². The lowest BCUT2D eigenvalue weighted by atomic mass is 9.87. The number of nitrogens with zero attached hydrogens (tertiary/aromatic N) is 4. The number of hydrogen-bond donors (Lipinski definition) is 1. The summed E-state index contributed by atoms with van der Waals surface area (Å²) in [7, 11) is 0. The zero-order chi connectivity index (χ0) is 21.0. The number of pyridine rings is 1. The van der Waals surface area contributed by atoms with E-state index in [9.17, 15) is 9.59 Å². The predicted molar refractivity (Wildman–Crippen MR) is 114 cm³/mol. The highest BCUT2D eigenvalue weighted by atomic mass is 16.5. The second kappa shape index (κ2) is 7.25. The van der Waals surface area contributed by atoms with Crippen LogP contribution in [0.4, 0.5) is 4.79 Å². The van der Waals surface area contributed by atoms with E-state index in [0.717, 1.165) is 42.5 Å². The molecule has 4 saturated heterocycles. The molecule has 1 spiro atoms. The van der Waals surface area contributed by atoms with Gasteiger partial charge in [0.25, 0.3) is 5.91 Å². The number of amides is 3. The lowest BCUT2D eigenvalue weighted by Crippen LogP contribution is -2.51. The van der Waals surface area contributed by atoms with Crippen LogP contribution in [0.1, 0.15) is 18.0 Å². The van der Waals surface area contributed by atoms with Crippen LogP contribution in [0.15, 0.2) is 36.5 Å². The topological polar surface area (TPSA) is 78.0 Å². The van der Waals surface area contributed by atoms with Gasteiger partial charge in [-0.1, -0.05) is 18.2 Å². The number of carbonyl (C=O) groups excluding carboxylic acids is 2. The van der Waals surface area contributed by atoms with Crippen LogP contribution in [-0.2, 0) is 9.53 Å². The van der Waals surface area contributed by atoms with E-state index in [1.165, 1.54) is 4.90 Å². The first-order chi connectivity index (χ1) is 15.2. The highest BCUT2D eigenvalue weighted by molar-refractivity contribution is 6.08. The smallest absolute Gasteiger partial charge is 0.328 e. The van der Waals surface area contributed by atoms with Crippen LogP contribution in [0.5, 0.6) is 0 Å². The van der Waals surface area contributed by atoms with Gasteiger partial charge in [0, 0.05) is 56.8 Å². The highest BCUT2D eigenvalue weighted by Crippen LogP contribution is 2.53. The number of aromatic nitrogens is 1. The summed E-state index contributed by atoms with van der Waals surface area (Å²) in [4.78, 5) is 37.5. The second-order valence-corrected chi connectivity index (χ2v) is 8.98. The Kier molecular flexibility index (Phi) is 4.48. The zero-order valence-electron chi connectivity index (χ0n) is 17.5. The summed E-state index contributed by atoms with van der Waals surface area (Å²) in [5, 5.41) is 4.45. The molecule has 162 valence electrons. The summed E-state index contributed by atoms with van der Waals surface area (Å²) in [6.45, 7) is 5.56. The minimum Gasteiger partial charge on any atom is -0.379 e. The summed E-state index contributed by atoms with van der Waals surface area (Å²) in [5.41, 5.74) is 1.26. The van der Waals surface area contributed by atoms with Crippen LogP contribution in [0.25, 0.3) is 10.9 Å². The molecule has 1 N–H and O–H groups in total. The van der Waals surface area contributed by atoms with E-state index in [1.807, 2.05) is 35.4 Å². The largest absolute Gasteiger partial charge is 0.379 e. The molecule has 4 aliphatic heterocycles. The van der Waals surface area contributed by atoms with Crippen molar-refractivity contribution < 1.29 is 14.3 Å². The van der Waals surface area contributed by atoms with Gasteiger partial charge in [-0.3, -0.25) is 19.6 Å². The van der Waals surface area contributed by atoms with Crippen molar-refractivity contribution in [3.63, 3.8) is 0 Å². The van der Waals surface area contributed by atoms with Crippen LogP contribution < -0.4 is 5.32 Å². The minimum atomic E-state index is -0.753. The molecule has 8 nitrogen and oxygen atoms in total. The summed E-state index contributed by atoms with van der Waals surface area (Å²) in [6, 6.07) is 9.81. The second-order valence-electron chi connectivity index (χ2n) is 8.98. The molecule has 0 aliphatic carbocycles. The molecule has 1 aromatic heterocycles. The third-order valence-electron chi connectivity index (χ3n) is 7.55. The Morgan fingerprint density at radius 3 is 2.84 bits per heavy atom. The Bertz CT molecular complexity index is 1030. The van der Waals surface area contributed by atoms with E-state index >= 15 is 0 Å². The summed E-state index contributed by atoms with van der Waals surface area (Å²) in [6.07, 6.45) is 2.62. The summed E-state index contributed by atoms with van der Waals surface area (Å²) >= 11 is 0. The maximum atomic E-state index is 13.7. The van der Waals surface area contributed by atoms with E-state index in [0.29, 0.717) is 32.8 Å². The molecule has 8 heteroatoms. The van der Waals surface area contributed by atoms with Gasteiger partial charge in [0.1, 0.15) is 5.54 Å². The number of para-hydroxylation sites is 1. The molecule has 3 amide bonds. The third-order valence-corrected chi connectivity index (χ3v) is 7.55. The van der Waals surface area contributed by atoms with Gasteiger partial charge in [0.05, 0.1) is 24.8 Å². The number of urea groups is 1. The molecule has 0 radical (unpaired) electrons. The molecule has 2 aromatic rings. The molecular weight excluding hydrogens is 394 g/mol. The van der Waals surface area contributed by atoms with Crippen LogP contribution in [0.3, 0.4) is 0 Å². The number of morpholine rings is 1. The summed E-state index contributed by atoms with van der Waals surface area (Å²) < 4.78 is 5.42. The molecule has 6 rings (SSSR count). The number of fused-ring (bicyclic) bond motifs is 1. The van der Waals surface area contributed by atoms with E-state index in [-0.39, 0.29) is 23.9 Å². The molecule has 0 bridgehead atoms. The molecule has 31 heavy (non-hydrogen) atoms. The van der Waals surface area contributed by atoms with E-state index in [1.54, 1.807) is 0 Å². The summed E-state index contributed by atoms with van der Waals surface area (Å²) in [5.74, 6) is 0.107. The minimum absolute atomic E-state index is 0.0263. The SMILES string of the molecule is O=C1N(CCN2CCOCC2)C(=O)[C@]23CNC[C@H]2C[C@H](c2ccnc4ccccc24)N13. The van der Waals surface area contributed by atoms with Crippen LogP contribution >= 0.6 is 0 Å². The Labute approximate surface area is 181 Å². The number of ether oxygens (including phenoxy) is 1. The van der Waals surface area contributed by atoms with Crippen molar-refractivity contribution in [2.75, 3.05) is 52.5 Å². The van der Waals surface area contributed by atoms with Crippen LogP contribution in [0, 0.1) is 5.92 Å². The number of nitrogens with one attached hydrogen (secondary N) is 1. The predicted octanol–water partition coefficient (Wildman–Crippen LogP) is 1.23. The van der Waals surface area contributed by atoms with Crippen molar-refractivity contribution >= 4 is 22.8 Å². The third kappa shape index (κ3) is 2.75. The van der Waals surface area contributed by atoms with Crippen LogP contribution in [0.2, 0.25) is 0 Å². The van der Waals surface area contributed by atoms with Gasteiger partial charge in [0.15, 0.2) is 0 Å². The Hall–Kier alpha value is -2.55. The van der Waals surface area contributed by atoms with Gasteiger partial charge >= 0.3 is 6.03 Å². The number of imide groups is 1. The standard InChI is InChI=1S/C23H27N5O3/c29-21-23-15-24-14-16(23)13-20(18-5-6-25-19-4-2-1-3-17(18)19)28(23)22(30)27(21)8-7-26-9-11-31-12-10-26/h1-6,16,20,24H,7-15H2/t16-,20-,23+/m1/s1. The Balaban J connectivity index is 1.34. The first kappa shape index (κ1) is 19.2. The van der Waals surface area contributed by atoms with Crippen molar-refractivity contribution in [1.29, 1.82) is 0 Å². The fraction of sp³-hybridized carbons (Fsp3) is 0.522. The molecule has 4 aliphatic rings. The molecule has 1 aromatic carbocycles. The Morgan fingerprint density at radius 1 is 1.13 bits per heavy atom. The highest BCUT2D eigenvalue weighted by Gasteiger charge is 2.68. The Morgan fingerprint density at radius 2 is 1.97 bits per heavy atom. The maximum absolute atomic E-state index is 13.7. The average Bonchev–Trinajstić information content (AvgIpc) is 3.41. The fourth-order valence-electron chi connectivity index (χ4n) is 6.01. The molecule has 0 unspecified atom stereocenters. The normalized spacial score (nSPS) is 31.0. The van der Waals surface area contributed by atoms with Gasteiger partial charge in [-0.05, 0) is 24.1 Å². The van der Waals surface area contributed by atoms with Gasteiger partial charge in [-0.25, -0.2) is 4.79 Å². The molecule has 5 heterocycles. The number of rotatable bonds is 4. The first-order valence-corrected chi connectivity index (χ1v) is 11.2. The lowest BCUT2D eigenvalue weighted by molar-refractivity contribution is -0.133. The monoisotopic (exact) mass is 421 g/mol. The van der Waals surface area contributed by atoms with Crippen molar-refractivity contribution in [3.8, 4) is 0 Å². The molecule has 3 atom stereocenters. The van der Waals surface area contributed by atoms with Gasteiger partial charge in [-0.2, -0.15) is 0 Å².